The van der Waals surface area contributed by atoms with Gasteiger partial charge in [-0.25, -0.2) is 0 Å². The lowest BCUT2D eigenvalue weighted by Crippen LogP contribution is -1.95. The summed E-state index contributed by atoms with van der Waals surface area (Å²) in [7, 11) is 0. The molecular formula is C33H20N2. The Morgan fingerprint density at radius 1 is 0.543 bits per heavy atom. The van der Waals surface area contributed by atoms with Crippen molar-refractivity contribution in [3.05, 3.63) is 121 Å². The molecule has 7 aromatic rings. The predicted octanol–water partition coefficient (Wildman–Crippen LogP) is 8.65. The van der Waals surface area contributed by atoms with Crippen molar-refractivity contribution in [2.45, 2.75) is 0 Å². The maximum Gasteiger partial charge on any atom is 0.0701 e. The van der Waals surface area contributed by atoms with E-state index in [1.54, 1.807) is 0 Å². The minimum Gasteiger partial charge on any atom is -0.309 e. The number of para-hydroxylation sites is 1. The quantitative estimate of drug-likeness (QED) is 0.261. The molecule has 1 aliphatic rings. The van der Waals surface area contributed by atoms with Crippen molar-refractivity contribution < 1.29 is 0 Å². The van der Waals surface area contributed by atoms with E-state index in [1.165, 1.54) is 54.8 Å². The van der Waals surface area contributed by atoms with Crippen LogP contribution in [0.2, 0.25) is 0 Å². The highest BCUT2D eigenvalue weighted by Gasteiger charge is 2.26. The van der Waals surface area contributed by atoms with Crippen LogP contribution in [0.3, 0.4) is 0 Å². The van der Waals surface area contributed by atoms with Crippen molar-refractivity contribution in [3.8, 4) is 39.2 Å². The number of rotatable bonds is 2. The molecule has 0 radical (unpaired) electrons. The molecule has 162 valence electrons. The number of fused-ring (bicyclic) bond motifs is 7. The topological polar surface area (TPSA) is 17.8 Å². The summed E-state index contributed by atoms with van der Waals surface area (Å²) in [5.41, 5.74) is 11.1. The van der Waals surface area contributed by atoms with Gasteiger partial charge in [0.15, 0.2) is 0 Å². The van der Waals surface area contributed by atoms with E-state index < -0.39 is 0 Å². The molecule has 0 aliphatic heterocycles. The van der Waals surface area contributed by atoms with Crippen LogP contribution in [0.1, 0.15) is 0 Å². The molecule has 1 aliphatic carbocycles. The molecule has 2 nitrogen and oxygen atoms in total. The van der Waals surface area contributed by atoms with E-state index in [4.69, 9.17) is 0 Å². The first-order valence-electron chi connectivity index (χ1n) is 12.0. The number of hydrogen-bond acceptors (Lipinski definition) is 1. The summed E-state index contributed by atoms with van der Waals surface area (Å²) in [6.45, 7) is 0. The van der Waals surface area contributed by atoms with Gasteiger partial charge < -0.3 is 4.57 Å². The molecule has 0 atom stereocenters. The zero-order chi connectivity index (χ0) is 22.9. The SMILES string of the molecule is c1ccc(-c2ccc(-n3c4ccccc4c4ccc5c(c43)-c3cccc4cccc-5c34)cc2)nc1. The molecular weight excluding hydrogens is 424 g/mol. The second kappa shape index (κ2) is 6.91. The molecule has 0 N–H and O–H groups in total. The highest BCUT2D eigenvalue weighted by molar-refractivity contribution is 6.24. The molecule has 2 aromatic heterocycles. The summed E-state index contributed by atoms with van der Waals surface area (Å²) in [6.07, 6.45) is 1.85. The lowest BCUT2D eigenvalue weighted by atomic mass is 10.00. The highest BCUT2D eigenvalue weighted by atomic mass is 15.0. The molecule has 35 heavy (non-hydrogen) atoms. The molecule has 5 aromatic carbocycles. The average Bonchev–Trinajstić information content (AvgIpc) is 3.44. The summed E-state index contributed by atoms with van der Waals surface area (Å²) in [5.74, 6) is 0. The van der Waals surface area contributed by atoms with Gasteiger partial charge in [-0.05, 0) is 57.8 Å². The average molecular weight is 445 g/mol. The smallest absolute Gasteiger partial charge is 0.0701 e. The monoisotopic (exact) mass is 444 g/mol. The normalized spacial score (nSPS) is 12.0. The minimum atomic E-state index is 0.990. The Labute approximate surface area is 202 Å². The van der Waals surface area contributed by atoms with Crippen LogP contribution in [0, 0.1) is 0 Å². The van der Waals surface area contributed by atoms with Crippen LogP contribution < -0.4 is 0 Å². The van der Waals surface area contributed by atoms with Crippen molar-refractivity contribution in [3.63, 3.8) is 0 Å². The van der Waals surface area contributed by atoms with E-state index in [2.05, 4.69) is 113 Å². The molecule has 0 unspecified atom stereocenters. The van der Waals surface area contributed by atoms with Gasteiger partial charge in [0.2, 0.25) is 0 Å². The lowest BCUT2D eigenvalue weighted by molar-refractivity contribution is 1.18. The molecule has 2 heterocycles. The van der Waals surface area contributed by atoms with Crippen LogP contribution in [0.15, 0.2) is 121 Å². The Bertz CT molecular complexity index is 1920. The van der Waals surface area contributed by atoms with Crippen molar-refractivity contribution in [2.75, 3.05) is 0 Å². The molecule has 0 bridgehead atoms. The third-order valence-corrected chi connectivity index (χ3v) is 7.39. The zero-order valence-corrected chi connectivity index (χ0v) is 18.9. The Hall–Kier alpha value is -4.69. The first-order chi connectivity index (χ1) is 17.4. The molecule has 0 amide bonds. The second-order valence-electron chi connectivity index (χ2n) is 9.21. The van der Waals surface area contributed by atoms with E-state index in [0.29, 0.717) is 0 Å². The standard InChI is InChI=1S/C33H20N2/c1-2-13-30-24(9-1)27-19-18-26-25-10-5-7-22-8-6-11-28(31(22)25)32(26)33(27)35(30)23-16-14-21(15-17-23)29-12-3-4-20-34-29/h1-20H. The Balaban J connectivity index is 1.47. The van der Waals surface area contributed by atoms with E-state index in [1.807, 2.05) is 18.3 Å². The minimum absolute atomic E-state index is 0.990. The van der Waals surface area contributed by atoms with Gasteiger partial charge in [-0.3, -0.25) is 4.98 Å². The molecule has 0 saturated carbocycles. The Kier molecular flexibility index (Phi) is 3.69. The number of aromatic nitrogens is 2. The zero-order valence-electron chi connectivity index (χ0n) is 18.9. The second-order valence-corrected chi connectivity index (χ2v) is 9.21. The fourth-order valence-corrected chi connectivity index (χ4v) is 5.91. The molecule has 0 fully saturated rings. The van der Waals surface area contributed by atoms with Gasteiger partial charge in [0.1, 0.15) is 0 Å². The third kappa shape index (κ3) is 2.51. The van der Waals surface area contributed by atoms with Crippen molar-refractivity contribution in [1.82, 2.24) is 9.55 Å². The van der Waals surface area contributed by atoms with Gasteiger partial charge >= 0.3 is 0 Å². The molecule has 2 heteroatoms. The van der Waals surface area contributed by atoms with Gasteiger partial charge in [-0.1, -0.05) is 84.9 Å². The fourth-order valence-electron chi connectivity index (χ4n) is 5.91. The molecule has 0 spiro atoms. The molecule has 8 rings (SSSR count). The van der Waals surface area contributed by atoms with Gasteiger partial charge in [0.25, 0.3) is 0 Å². The fraction of sp³-hybridized carbons (Fsp3) is 0. The summed E-state index contributed by atoms with van der Waals surface area (Å²) < 4.78 is 2.44. The number of nitrogens with zero attached hydrogens (tertiary/aromatic N) is 2. The number of hydrogen-bond donors (Lipinski definition) is 0. The van der Waals surface area contributed by atoms with E-state index in [-0.39, 0.29) is 0 Å². The number of benzene rings is 5. The van der Waals surface area contributed by atoms with Crippen molar-refractivity contribution in [1.29, 1.82) is 0 Å². The Morgan fingerprint density at radius 2 is 1.34 bits per heavy atom. The van der Waals surface area contributed by atoms with Gasteiger partial charge in [0.05, 0.1) is 16.7 Å². The number of pyridine rings is 1. The summed E-state index contributed by atoms with van der Waals surface area (Å²) in [4.78, 5) is 4.53. The van der Waals surface area contributed by atoms with Crippen LogP contribution >= 0.6 is 0 Å². The lowest BCUT2D eigenvalue weighted by Gasteiger charge is -2.12. The maximum atomic E-state index is 4.53. The van der Waals surface area contributed by atoms with Crippen LogP contribution in [0.25, 0.3) is 71.8 Å². The van der Waals surface area contributed by atoms with Gasteiger partial charge in [-0.15, -0.1) is 0 Å². The van der Waals surface area contributed by atoms with E-state index in [0.717, 1.165) is 16.9 Å². The summed E-state index contributed by atoms with van der Waals surface area (Å²) in [6, 6.07) is 41.5. The van der Waals surface area contributed by atoms with Crippen molar-refractivity contribution >= 4 is 32.6 Å². The van der Waals surface area contributed by atoms with Crippen LogP contribution in [0.5, 0.6) is 0 Å². The largest absolute Gasteiger partial charge is 0.309 e. The maximum absolute atomic E-state index is 4.53. The van der Waals surface area contributed by atoms with Crippen LogP contribution in [0.4, 0.5) is 0 Å². The molecule has 0 saturated heterocycles. The van der Waals surface area contributed by atoms with Crippen LogP contribution in [-0.2, 0) is 0 Å². The van der Waals surface area contributed by atoms with E-state index >= 15 is 0 Å². The van der Waals surface area contributed by atoms with Crippen molar-refractivity contribution in [2.24, 2.45) is 0 Å². The Morgan fingerprint density at radius 3 is 2.17 bits per heavy atom. The van der Waals surface area contributed by atoms with E-state index in [9.17, 15) is 0 Å². The van der Waals surface area contributed by atoms with Crippen LogP contribution in [-0.4, -0.2) is 9.55 Å². The van der Waals surface area contributed by atoms with Gasteiger partial charge in [-0.2, -0.15) is 0 Å². The summed E-state index contributed by atoms with van der Waals surface area (Å²) >= 11 is 0. The first-order valence-corrected chi connectivity index (χ1v) is 12.0. The highest BCUT2D eigenvalue weighted by Crippen LogP contribution is 2.51. The summed E-state index contributed by atoms with van der Waals surface area (Å²) in [5, 5.41) is 5.23. The third-order valence-electron chi connectivity index (χ3n) is 7.39. The van der Waals surface area contributed by atoms with Gasteiger partial charge in [0, 0.05) is 33.8 Å². The first kappa shape index (κ1) is 18.7. The predicted molar refractivity (Wildman–Crippen MR) is 146 cm³/mol.